The van der Waals surface area contributed by atoms with Gasteiger partial charge in [-0.15, -0.1) is 0 Å². The summed E-state index contributed by atoms with van der Waals surface area (Å²) < 4.78 is 66.2. The van der Waals surface area contributed by atoms with Gasteiger partial charge in [0.15, 0.2) is 11.6 Å². The first-order chi connectivity index (χ1) is 14.3. The summed E-state index contributed by atoms with van der Waals surface area (Å²) in [6.07, 6.45) is -2.76. The molecule has 0 atom stereocenters. The molecule has 0 N–H and O–H groups in total. The molecule has 0 amide bonds. The largest absolute Gasteiger partial charge is 0.486 e. The zero-order valence-electron chi connectivity index (χ0n) is 16.0. The van der Waals surface area contributed by atoms with Gasteiger partial charge in [0.1, 0.15) is 18.4 Å². The number of nitriles is 1. The number of benzene rings is 3. The molecule has 0 fully saturated rings. The number of nitrogens with zero attached hydrogens (tertiary/aromatic N) is 1. The molecule has 7 heteroatoms. The van der Waals surface area contributed by atoms with Crippen molar-refractivity contribution in [3.8, 4) is 17.6 Å². The highest BCUT2D eigenvalue weighted by Gasteiger charge is 2.34. The van der Waals surface area contributed by atoms with E-state index < -0.39 is 23.3 Å². The van der Waals surface area contributed by atoms with E-state index in [4.69, 9.17) is 14.7 Å². The molecule has 3 aromatic rings. The first-order valence-corrected chi connectivity index (χ1v) is 9.10. The third-order valence-corrected chi connectivity index (χ3v) is 4.43. The van der Waals surface area contributed by atoms with Crippen LogP contribution < -0.4 is 9.47 Å². The summed E-state index contributed by atoms with van der Waals surface area (Å²) in [7, 11) is 0. The first kappa shape index (κ1) is 21.2. The standard InChI is InChI=1S/C23H17F4NO2/c1-2-15-3-8-18(9-4-15)23(26,27)30-19-10-5-16(6-11-19)14-29-20-12-7-17(13-28)21(24)22(20)25/h3-12H,2,14H2,1H3. The Kier molecular flexibility index (Phi) is 6.26. The molecule has 0 unspecified atom stereocenters. The van der Waals surface area contributed by atoms with Crippen molar-refractivity contribution in [3.05, 3.63) is 94.6 Å². The van der Waals surface area contributed by atoms with Gasteiger partial charge in [0.25, 0.3) is 0 Å². The SMILES string of the molecule is CCc1ccc(C(F)(F)Oc2ccc(COc3ccc(C#N)c(F)c3F)cc2)cc1. The monoisotopic (exact) mass is 415 g/mol. The molecule has 3 nitrogen and oxygen atoms in total. The van der Waals surface area contributed by atoms with Gasteiger partial charge in [-0.2, -0.15) is 18.4 Å². The molecule has 3 rings (SSSR count). The number of halogens is 4. The van der Waals surface area contributed by atoms with Gasteiger partial charge in [-0.05, 0) is 53.9 Å². The molecule has 0 saturated carbocycles. The lowest BCUT2D eigenvalue weighted by molar-refractivity contribution is -0.185. The molecule has 30 heavy (non-hydrogen) atoms. The van der Waals surface area contributed by atoms with Crippen LogP contribution in [0, 0.1) is 23.0 Å². The Hall–Kier alpha value is -3.53. The van der Waals surface area contributed by atoms with Crippen LogP contribution in [0.4, 0.5) is 17.6 Å². The van der Waals surface area contributed by atoms with E-state index in [0.29, 0.717) is 5.56 Å². The van der Waals surface area contributed by atoms with E-state index in [2.05, 4.69) is 0 Å². The maximum Gasteiger partial charge on any atom is 0.426 e. The average Bonchev–Trinajstić information content (AvgIpc) is 2.75. The van der Waals surface area contributed by atoms with Crippen molar-refractivity contribution in [2.24, 2.45) is 0 Å². The average molecular weight is 415 g/mol. The van der Waals surface area contributed by atoms with Gasteiger partial charge in [-0.25, -0.2) is 4.39 Å². The molecule has 0 aliphatic rings. The maximum atomic E-state index is 14.3. The fourth-order valence-corrected chi connectivity index (χ4v) is 2.69. The fourth-order valence-electron chi connectivity index (χ4n) is 2.69. The van der Waals surface area contributed by atoms with E-state index in [1.807, 2.05) is 6.92 Å². The van der Waals surface area contributed by atoms with Gasteiger partial charge in [-0.1, -0.05) is 31.2 Å². The van der Waals surface area contributed by atoms with Gasteiger partial charge in [0.05, 0.1) is 11.1 Å². The second kappa shape index (κ2) is 8.87. The van der Waals surface area contributed by atoms with Crippen molar-refractivity contribution in [2.45, 2.75) is 26.1 Å². The van der Waals surface area contributed by atoms with Crippen LogP contribution in [0.15, 0.2) is 60.7 Å². The molecular formula is C23H17F4NO2. The highest BCUT2D eigenvalue weighted by Crippen LogP contribution is 2.32. The van der Waals surface area contributed by atoms with E-state index in [1.165, 1.54) is 42.5 Å². The van der Waals surface area contributed by atoms with E-state index in [9.17, 15) is 17.6 Å². The van der Waals surface area contributed by atoms with Crippen molar-refractivity contribution in [2.75, 3.05) is 0 Å². The number of alkyl halides is 2. The van der Waals surface area contributed by atoms with E-state index in [1.54, 1.807) is 12.1 Å². The lowest BCUT2D eigenvalue weighted by atomic mass is 10.1. The molecule has 0 spiro atoms. The Morgan fingerprint density at radius 2 is 1.50 bits per heavy atom. The molecule has 0 bridgehead atoms. The normalized spacial score (nSPS) is 11.1. The Bertz CT molecular complexity index is 1060. The second-order valence-electron chi connectivity index (χ2n) is 6.45. The van der Waals surface area contributed by atoms with Crippen LogP contribution >= 0.6 is 0 Å². The summed E-state index contributed by atoms with van der Waals surface area (Å²) in [5.74, 6) is -2.96. The lowest BCUT2D eigenvalue weighted by Gasteiger charge is -2.18. The van der Waals surface area contributed by atoms with Crippen LogP contribution in [0.25, 0.3) is 0 Å². The fraction of sp³-hybridized carbons (Fsp3) is 0.174. The molecule has 0 aliphatic carbocycles. The molecule has 0 heterocycles. The highest BCUT2D eigenvalue weighted by atomic mass is 19.3. The summed E-state index contributed by atoms with van der Waals surface area (Å²) in [6.45, 7) is 1.80. The highest BCUT2D eigenvalue weighted by molar-refractivity contribution is 5.38. The quantitative estimate of drug-likeness (QED) is 0.438. The number of hydrogen-bond donors (Lipinski definition) is 0. The van der Waals surface area contributed by atoms with Crippen molar-refractivity contribution < 1.29 is 27.0 Å². The van der Waals surface area contributed by atoms with Crippen molar-refractivity contribution in [3.63, 3.8) is 0 Å². The zero-order chi connectivity index (χ0) is 21.7. The molecule has 0 radical (unpaired) electrons. The van der Waals surface area contributed by atoms with E-state index >= 15 is 0 Å². The summed E-state index contributed by atoms with van der Waals surface area (Å²) in [5.41, 5.74) is 0.789. The van der Waals surface area contributed by atoms with Crippen LogP contribution in [-0.2, 0) is 19.1 Å². The molecule has 3 aromatic carbocycles. The summed E-state index contributed by atoms with van der Waals surface area (Å²) >= 11 is 0. The third-order valence-electron chi connectivity index (χ3n) is 4.43. The number of rotatable bonds is 7. The summed E-state index contributed by atoms with van der Waals surface area (Å²) in [4.78, 5) is 0. The van der Waals surface area contributed by atoms with Gasteiger partial charge < -0.3 is 9.47 Å². The predicted octanol–water partition coefficient (Wildman–Crippen LogP) is 6.11. The topological polar surface area (TPSA) is 42.2 Å². The van der Waals surface area contributed by atoms with Gasteiger partial charge in [0, 0.05) is 0 Å². The maximum absolute atomic E-state index is 14.3. The van der Waals surface area contributed by atoms with Crippen LogP contribution in [-0.4, -0.2) is 0 Å². The first-order valence-electron chi connectivity index (χ1n) is 9.10. The molecule has 154 valence electrons. The Morgan fingerprint density at radius 3 is 2.10 bits per heavy atom. The minimum atomic E-state index is -3.51. The minimum Gasteiger partial charge on any atom is -0.486 e. The van der Waals surface area contributed by atoms with Crippen LogP contribution in [0.3, 0.4) is 0 Å². The summed E-state index contributed by atoms with van der Waals surface area (Å²) in [5, 5.41) is 8.68. The van der Waals surface area contributed by atoms with E-state index in [0.717, 1.165) is 24.1 Å². The smallest absolute Gasteiger partial charge is 0.426 e. The van der Waals surface area contributed by atoms with Crippen molar-refractivity contribution >= 4 is 0 Å². The van der Waals surface area contributed by atoms with E-state index in [-0.39, 0.29) is 23.7 Å². The predicted molar refractivity (Wildman–Crippen MR) is 102 cm³/mol. The molecule has 0 saturated heterocycles. The third kappa shape index (κ3) is 4.71. The van der Waals surface area contributed by atoms with Gasteiger partial charge in [-0.3, -0.25) is 0 Å². The minimum absolute atomic E-state index is 0.0566. The number of ether oxygens (including phenoxy) is 2. The number of hydrogen-bond acceptors (Lipinski definition) is 3. The van der Waals surface area contributed by atoms with Crippen molar-refractivity contribution in [1.82, 2.24) is 0 Å². The molecule has 0 aromatic heterocycles. The lowest BCUT2D eigenvalue weighted by Crippen LogP contribution is -2.21. The Morgan fingerprint density at radius 1 is 0.867 bits per heavy atom. The number of aryl methyl sites for hydroxylation is 1. The molecule has 0 aliphatic heterocycles. The molecular weight excluding hydrogens is 398 g/mol. The zero-order valence-corrected chi connectivity index (χ0v) is 16.0. The Balaban J connectivity index is 1.65. The van der Waals surface area contributed by atoms with Gasteiger partial charge >= 0.3 is 6.11 Å². The van der Waals surface area contributed by atoms with Gasteiger partial charge in [0.2, 0.25) is 5.82 Å². The Labute approximate surface area is 171 Å². The summed E-state index contributed by atoms with van der Waals surface area (Å²) in [6, 6.07) is 15.3. The second-order valence-corrected chi connectivity index (χ2v) is 6.45. The van der Waals surface area contributed by atoms with Crippen molar-refractivity contribution in [1.29, 1.82) is 5.26 Å². The van der Waals surface area contributed by atoms with Crippen LogP contribution in [0.1, 0.15) is 29.2 Å². The van der Waals surface area contributed by atoms with Crippen LogP contribution in [0.2, 0.25) is 0 Å². The van der Waals surface area contributed by atoms with Crippen LogP contribution in [0.5, 0.6) is 11.5 Å².